The van der Waals surface area contributed by atoms with Crippen LogP contribution in [0.15, 0.2) is 27.5 Å². The van der Waals surface area contributed by atoms with E-state index in [0.717, 1.165) is 0 Å². The van der Waals surface area contributed by atoms with E-state index in [9.17, 15) is 14.7 Å². The SMILES string of the molecule is CC(C)C1(C(=O)O)CCN(C(=O)CCc2nc(-c3ccoc3)no2)C1. The topological polar surface area (TPSA) is 110 Å². The molecule has 0 aromatic carbocycles. The molecule has 1 aliphatic rings. The van der Waals surface area contributed by atoms with Crippen LogP contribution in [0.5, 0.6) is 0 Å². The molecule has 1 atom stereocenters. The average Bonchev–Trinajstić information content (AvgIpc) is 3.31. The maximum absolute atomic E-state index is 12.4. The molecule has 2 aromatic heterocycles. The molecule has 0 radical (unpaired) electrons. The Balaban J connectivity index is 1.58. The Morgan fingerprint density at radius 3 is 2.84 bits per heavy atom. The van der Waals surface area contributed by atoms with Crippen molar-refractivity contribution in [1.29, 1.82) is 0 Å². The number of aryl methyl sites for hydroxylation is 1. The molecule has 3 rings (SSSR count). The number of likely N-dealkylation sites (tertiary alicyclic amines) is 1. The number of rotatable bonds is 6. The molecule has 25 heavy (non-hydrogen) atoms. The van der Waals surface area contributed by atoms with E-state index < -0.39 is 11.4 Å². The van der Waals surface area contributed by atoms with Crippen LogP contribution in [0.25, 0.3) is 11.4 Å². The molecule has 0 bridgehead atoms. The number of hydrogen-bond donors (Lipinski definition) is 1. The van der Waals surface area contributed by atoms with Gasteiger partial charge < -0.3 is 18.9 Å². The molecule has 3 heterocycles. The highest BCUT2D eigenvalue weighted by molar-refractivity contribution is 5.81. The summed E-state index contributed by atoms with van der Waals surface area (Å²) in [5, 5.41) is 13.4. The van der Waals surface area contributed by atoms with Crippen molar-refractivity contribution >= 4 is 11.9 Å². The fourth-order valence-electron chi connectivity index (χ4n) is 3.18. The first-order chi connectivity index (χ1) is 11.9. The second kappa shape index (κ2) is 6.70. The van der Waals surface area contributed by atoms with Crippen molar-refractivity contribution in [2.24, 2.45) is 11.3 Å². The Labute approximate surface area is 144 Å². The predicted octanol–water partition coefficient (Wildman–Crippen LogP) is 2.22. The summed E-state index contributed by atoms with van der Waals surface area (Å²) in [6.07, 6.45) is 4.05. The first kappa shape index (κ1) is 17.2. The zero-order valence-corrected chi connectivity index (χ0v) is 14.3. The summed E-state index contributed by atoms with van der Waals surface area (Å²) >= 11 is 0. The first-order valence-electron chi connectivity index (χ1n) is 8.29. The number of carbonyl (C=O) groups excluding carboxylic acids is 1. The maximum Gasteiger partial charge on any atom is 0.311 e. The minimum Gasteiger partial charge on any atom is -0.481 e. The molecule has 1 amide bonds. The lowest BCUT2D eigenvalue weighted by Gasteiger charge is -2.28. The molecule has 0 saturated carbocycles. The molecule has 134 valence electrons. The van der Waals surface area contributed by atoms with Gasteiger partial charge in [0, 0.05) is 25.9 Å². The minimum absolute atomic E-state index is 0.0312. The lowest BCUT2D eigenvalue weighted by Crippen LogP contribution is -2.40. The largest absolute Gasteiger partial charge is 0.481 e. The van der Waals surface area contributed by atoms with Gasteiger partial charge in [0.2, 0.25) is 17.6 Å². The van der Waals surface area contributed by atoms with Gasteiger partial charge in [0.1, 0.15) is 6.26 Å². The fourth-order valence-corrected chi connectivity index (χ4v) is 3.18. The Hall–Kier alpha value is -2.64. The summed E-state index contributed by atoms with van der Waals surface area (Å²) in [5.41, 5.74) is -0.141. The molecule has 2 aromatic rings. The van der Waals surface area contributed by atoms with E-state index in [0.29, 0.717) is 36.7 Å². The van der Waals surface area contributed by atoms with Crippen LogP contribution < -0.4 is 0 Å². The summed E-state index contributed by atoms with van der Waals surface area (Å²) in [7, 11) is 0. The summed E-state index contributed by atoms with van der Waals surface area (Å²) in [6, 6.07) is 1.72. The van der Waals surface area contributed by atoms with E-state index in [-0.39, 0.29) is 24.8 Å². The highest BCUT2D eigenvalue weighted by Crippen LogP contribution is 2.38. The number of aromatic nitrogens is 2. The Morgan fingerprint density at radius 1 is 1.44 bits per heavy atom. The minimum atomic E-state index is -0.853. The zero-order valence-electron chi connectivity index (χ0n) is 14.3. The second-order valence-corrected chi connectivity index (χ2v) is 6.71. The molecular formula is C17H21N3O5. The van der Waals surface area contributed by atoms with Crippen LogP contribution in [0.2, 0.25) is 0 Å². The number of carbonyl (C=O) groups is 2. The maximum atomic E-state index is 12.4. The van der Waals surface area contributed by atoms with Gasteiger partial charge in [-0.3, -0.25) is 9.59 Å². The van der Waals surface area contributed by atoms with Crippen LogP contribution in [0.3, 0.4) is 0 Å². The van der Waals surface area contributed by atoms with Crippen LogP contribution in [-0.4, -0.2) is 45.1 Å². The number of carboxylic acid groups (broad SMARTS) is 1. The fraction of sp³-hybridized carbons (Fsp3) is 0.529. The van der Waals surface area contributed by atoms with Crippen LogP contribution in [0, 0.1) is 11.3 Å². The third-order valence-electron chi connectivity index (χ3n) is 4.98. The number of carboxylic acids is 1. The van der Waals surface area contributed by atoms with Gasteiger partial charge in [-0.25, -0.2) is 0 Å². The summed E-state index contributed by atoms with van der Waals surface area (Å²) in [6.45, 7) is 4.49. The molecule has 0 spiro atoms. The van der Waals surface area contributed by atoms with E-state index >= 15 is 0 Å². The van der Waals surface area contributed by atoms with Crippen molar-refractivity contribution in [1.82, 2.24) is 15.0 Å². The van der Waals surface area contributed by atoms with Gasteiger partial charge >= 0.3 is 5.97 Å². The van der Waals surface area contributed by atoms with E-state index in [1.54, 1.807) is 11.0 Å². The molecule has 8 heteroatoms. The molecule has 1 fully saturated rings. The molecular weight excluding hydrogens is 326 g/mol. The van der Waals surface area contributed by atoms with Crippen LogP contribution >= 0.6 is 0 Å². The molecule has 0 aliphatic carbocycles. The number of furan rings is 1. The molecule has 1 saturated heterocycles. The lowest BCUT2D eigenvalue weighted by atomic mass is 9.76. The number of nitrogens with zero attached hydrogens (tertiary/aromatic N) is 3. The predicted molar refractivity (Wildman–Crippen MR) is 86.4 cm³/mol. The van der Waals surface area contributed by atoms with E-state index in [1.165, 1.54) is 12.5 Å². The summed E-state index contributed by atoms with van der Waals surface area (Å²) in [4.78, 5) is 29.9. The lowest BCUT2D eigenvalue weighted by molar-refractivity contribution is -0.151. The van der Waals surface area contributed by atoms with Gasteiger partial charge in [-0.15, -0.1) is 0 Å². The Morgan fingerprint density at radius 2 is 2.24 bits per heavy atom. The quantitative estimate of drug-likeness (QED) is 0.853. The monoisotopic (exact) mass is 347 g/mol. The number of aliphatic carboxylic acids is 1. The normalized spacial score (nSPS) is 20.4. The van der Waals surface area contributed by atoms with Gasteiger partial charge in [0.25, 0.3) is 0 Å². The highest BCUT2D eigenvalue weighted by atomic mass is 16.5. The highest BCUT2D eigenvalue weighted by Gasteiger charge is 2.48. The Kier molecular flexibility index (Phi) is 4.61. The van der Waals surface area contributed by atoms with Crippen molar-refractivity contribution in [2.45, 2.75) is 33.1 Å². The van der Waals surface area contributed by atoms with E-state index in [2.05, 4.69) is 10.1 Å². The van der Waals surface area contributed by atoms with Gasteiger partial charge in [0.05, 0.1) is 17.2 Å². The zero-order chi connectivity index (χ0) is 18.0. The van der Waals surface area contributed by atoms with Gasteiger partial charge in [-0.05, 0) is 18.4 Å². The molecule has 1 unspecified atom stereocenters. The van der Waals surface area contributed by atoms with Gasteiger partial charge in [-0.1, -0.05) is 19.0 Å². The molecule has 1 N–H and O–H groups in total. The molecule has 8 nitrogen and oxygen atoms in total. The van der Waals surface area contributed by atoms with Crippen molar-refractivity contribution < 1.29 is 23.6 Å². The summed E-state index contributed by atoms with van der Waals surface area (Å²) in [5.74, 6) is -0.165. The second-order valence-electron chi connectivity index (χ2n) is 6.71. The standard InChI is InChI=1S/C17H21N3O5/c1-11(2)17(16(22)23)6-7-20(10-17)14(21)4-3-13-18-15(19-25-13)12-5-8-24-9-12/h5,8-9,11H,3-4,6-7,10H2,1-2H3,(H,22,23). The van der Waals surface area contributed by atoms with Crippen molar-refractivity contribution in [3.63, 3.8) is 0 Å². The van der Waals surface area contributed by atoms with Crippen molar-refractivity contribution in [3.8, 4) is 11.4 Å². The van der Waals surface area contributed by atoms with Crippen LogP contribution in [0.4, 0.5) is 0 Å². The van der Waals surface area contributed by atoms with Crippen molar-refractivity contribution in [2.75, 3.05) is 13.1 Å². The van der Waals surface area contributed by atoms with E-state index in [4.69, 9.17) is 8.94 Å². The Bertz CT molecular complexity index is 752. The van der Waals surface area contributed by atoms with E-state index in [1.807, 2.05) is 13.8 Å². The third-order valence-corrected chi connectivity index (χ3v) is 4.98. The van der Waals surface area contributed by atoms with Crippen molar-refractivity contribution in [3.05, 3.63) is 24.5 Å². The van der Waals surface area contributed by atoms with Crippen LogP contribution in [0.1, 0.15) is 32.6 Å². The van der Waals surface area contributed by atoms with Gasteiger partial charge in [-0.2, -0.15) is 4.98 Å². The number of hydrogen-bond acceptors (Lipinski definition) is 6. The average molecular weight is 347 g/mol. The van der Waals surface area contributed by atoms with Crippen LogP contribution in [-0.2, 0) is 16.0 Å². The smallest absolute Gasteiger partial charge is 0.311 e. The molecule has 1 aliphatic heterocycles. The first-order valence-corrected chi connectivity index (χ1v) is 8.29. The third kappa shape index (κ3) is 3.29. The van der Waals surface area contributed by atoms with Gasteiger partial charge in [0.15, 0.2) is 0 Å². The number of amides is 1. The summed E-state index contributed by atoms with van der Waals surface area (Å²) < 4.78 is 10.1.